The van der Waals surface area contributed by atoms with Gasteiger partial charge in [0.15, 0.2) is 0 Å². The molecule has 0 unspecified atom stereocenters. The molecule has 2 rings (SSSR count). The van der Waals surface area contributed by atoms with Crippen molar-refractivity contribution in [1.29, 1.82) is 0 Å². The van der Waals surface area contributed by atoms with Gasteiger partial charge in [-0.2, -0.15) is 0 Å². The molecule has 0 amide bonds. The van der Waals surface area contributed by atoms with E-state index in [4.69, 9.17) is 18.0 Å². The van der Waals surface area contributed by atoms with Gasteiger partial charge in [-0.05, 0) is 25.1 Å². The van der Waals surface area contributed by atoms with Crippen molar-refractivity contribution in [2.24, 2.45) is 5.73 Å². The Bertz CT molecular complexity index is 623. The summed E-state index contributed by atoms with van der Waals surface area (Å²) in [4.78, 5) is 2.21. The van der Waals surface area contributed by atoms with Crippen LogP contribution < -0.4 is 10.6 Å². The number of halogens is 1. The molecule has 4 heteroatoms. The minimum absolute atomic E-state index is 0.210. The quantitative estimate of drug-likeness (QED) is 0.874. The second kappa shape index (κ2) is 6.01. The first kappa shape index (κ1) is 14.5. The Morgan fingerprint density at radius 2 is 1.85 bits per heavy atom. The Hall–Kier alpha value is -1.94. The second-order valence-corrected chi connectivity index (χ2v) is 5.30. The lowest BCUT2D eigenvalue weighted by Crippen LogP contribution is -2.18. The first-order valence-corrected chi connectivity index (χ1v) is 6.74. The molecule has 0 heterocycles. The van der Waals surface area contributed by atoms with Crippen molar-refractivity contribution in [1.82, 2.24) is 0 Å². The zero-order chi connectivity index (χ0) is 14.7. The monoisotopic (exact) mass is 288 g/mol. The van der Waals surface area contributed by atoms with Crippen LogP contribution in [0.4, 0.5) is 10.1 Å². The number of thiocarbonyl (C=S) groups is 1. The zero-order valence-electron chi connectivity index (χ0n) is 11.6. The average molecular weight is 288 g/mol. The molecule has 0 saturated heterocycles. The minimum atomic E-state index is -0.283. The van der Waals surface area contributed by atoms with Crippen molar-refractivity contribution in [3.8, 4) is 0 Å². The molecular formula is C16H17FN2S. The van der Waals surface area contributed by atoms with Crippen molar-refractivity contribution >= 4 is 22.9 Å². The summed E-state index contributed by atoms with van der Waals surface area (Å²) >= 11 is 4.84. The van der Waals surface area contributed by atoms with Gasteiger partial charge in [-0.15, -0.1) is 0 Å². The third-order valence-corrected chi connectivity index (χ3v) is 3.46. The molecule has 104 valence electrons. The maximum atomic E-state index is 14.0. The fourth-order valence-electron chi connectivity index (χ4n) is 1.97. The highest BCUT2D eigenvalue weighted by Gasteiger charge is 2.08. The molecule has 0 aliphatic carbocycles. The van der Waals surface area contributed by atoms with E-state index in [-0.39, 0.29) is 10.8 Å². The van der Waals surface area contributed by atoms with Crippen molar-refractivity contribution < 1.29 is 4.39 Å². The van der Waals surface area contributed by atoms with Crippen molar-refractivity contribution in [3.63, 3.8) is 0 Å². The lowest BCUT2D eigenvalue weighted by Gasteiger charge is -2.20. The van der Waals surface area contributed by atoms with Crippen LogP contribution >= 0.6 is 12.2 Å². The fraction of sp³-hybridized carbons (Fsp3) is 0.188. The summed E-state index contributed by atoms with van der Waals surface area (Å²) < 4.78 is 14.0. The van der Waals surface area contributed by atoms with E-state index in [1.807, 2.05) is 43.1 Å². The van der Waals surface area contributed by atoms with Crippen LogP contribution in [-0.2, 0) is 6.54 Å². The van der Waals surface area contributed by atoms with Crippen LogP contribution in [-0.4, -0.2) is 12.0 Å². The summed E-state index contributed by atoms with van der Waals surface area (Å²) in [5, 5.41) is 0. The van der Waals surface area contributed by atoms with E-state index >= 15 is 0 Å². The molecule has 0 aliphatic heterocycles. The van der Waals surface area contributed by atoms with Crippen LogP contribution in [0, 0.1) is 12.7 Å². The minimum Gasteiger partial charge on any atom is -0.389 e. The Kier molecular flexibility index (Phi) is 4.35. The Balaban J connectivity index is 2.17. The first-order valence-electron chi connectivity index (χ1n) is 6.33. The molecule has 0 fully saturated rings. The van der Waals surface area contributed by atoms with Gasteiger partial charge in [0.05, 0.1) is 0 Å². The zero-order valence-corrected chi connectivity index (χ0v) is 12.4. The highest BCUT2D eigenvalue weighted by Crippen LogP contribution is 2.18. The molecule has 0 atom stereocenters. The van der Waals surface area contributed by atoms with Crippen LogP contribution in [0.2, 0.25) is 0 Å². The van der Waals surface area contributed by atoms with Gasteiger partial charge in [0, 0.05) is 30.4 Å². The maximum Gasteiger partial charge on any atom is 0.128 e. The van der Waals surface area contributed by atoms with Gasteiger partial charge in [-0.25, -0.2) is 4.39 Å². The Labute approximate surface area is 124 Å². The van der Waals surface area contributed by atoms with E-state index in [1.165, 1.54) is 11.6 Å². The van der Waals surface area contributed by atoms with Gasteiger partial charge < -0.3 is 10.6 Å². The highest BCUT2D eigenvalue weighted by molar-refractivity contribution is 7.80. The molecule has 2 aromatic carbocycles. The maximum absolute atomic E-state index is 14.0. The van der Waals surface area contributed by atoms with E-state index in [2.05, 4.69) is 0 Å². The largest absolute Gasteiger partial charge is 0.389 e. The number of nitrogens with two attached hydrogens (primary N) is 1. The summed E-state index contributed by atoms with van der Waals surface area (Å²) in [6, 6.07) is 13.0. The summed E-state index contributed by atoms with van der Waals surface area (Å²) in [7, 11) is 1.94. The van der Waals surface area contributed by atoms with E-state index < -0.39 is 0 Å². The van der Waals surface area contributed by atoms with Crippen LogP contribution in [0.15, 0.2) is 42.5 Å². The SMILES string of the molecule is Cc1ccc(N(C)Cc2ccc(C(N)=S)cc2F)cc1. The number of benzene rings is 2. The average Bonchev–Trinajstić information content (AvgIpc) is 2.41. The number of nitrogens with zero attached hydrogens (tertiary/aromatic N) is 1. The Morgan fingerprint density at radius 1 is 1.20 bits per heavy atom. The molecule has 0 saturated carbocycles. The summed E-state index contributed by atoms with van der Waals surface area (Å²) in [6.07, 6.45) is 0. The summed E-state index contributed by atoms with van der Waals surface area (Å²) in [5.74, 6) is -0.283. The van der Waals surface area contributed by atoms with Crippen LogP contribution in [0.5, 0.6) is 0 Å². The van der Waals surface area contributed by atoms with E-state index in [0.717, 1.165) is 5.69 Å². The van der Waals surface area contributed by atoms with Gasteiger partial charge in [0.25, 0.3) is 0 Å². The van der Waals surface area contributed by atoms with Gasteiger partial charge in [-0.1, -0.05) is 42.0 Å². The standard InChI is InChI=1S/C16H17FN2S/c1-11-3-7-14(8-4-11)19(2)10-13-6-5-12(16(18)20)9-15(13)17/h3-9H,10H2,1-2H3,(H2,18,20). The third kappa shape index (κ3) is 3.33. The number of rotatable bonds is 4. The number of aryl methyl sites for hydroxylation is 1. The predicted molar refractivity (Wildman–Crippen MR) is 85.6 cm³/mol. The number of anilines is 1. The fourth-order valence-corrected chi connectivity index (χ4v) is 2.10. The van der Waals surface area contributed by atoms with Gasteiger partial charge in [0.1, 0.15) is 10.8 Å². The topological polar surface area (TPSA) is 29.3 Å². The summed E-state index contributed by atoms with van der Waals surface area (Å²) in [5.41, 5.74) is 8.92. The molecule has 2 N–H and O–H groups in total. The Morgan fingerprint density at radius 3 is 2.40 bits per heavy atom. The highest BCUT2D eigenvalue weighted by atomic mass is 32.1. The molecule has 2 aromatic rings. The van der Waals surface area contributed by atoms with E-state index in [9.17, 15) is 4.39 Å². The van der Waals surface area contributed by atoms with Crippen molar-refractivity contribution in [3.05, 3.63) is 65.0 Å². The molecule has 0 bridgehead atoms. The lowest BCUT2D eigenvalue weighted by molar-refractivity contribution is 0.607. The number of hydrogen-bond donors (Lipinski definition) is 1. The van der Waals surface area contributed by atoms with E-state index in [1.54, 1.807) is 12.1 Å². The van der Waals surface area contributed by atoms with Gasteiger partial charge >= 0.3 is 0 Å². The van der Waals surface area contributed by atoms with Crippen LogP contribution in [0.1, 0.15) is 16.7 Å². The molecule has 0 radical (unpaired) electrons. The molecule has 2 nitrogen and oxygen atoms in total. The van der Waals surface area contributed by atoms with Crippen molar-refractivity contribution in [2.45, 2.75) is 13.5 Å². The molecule has 0 aliphatic rings. The van der Waals surface area contributed by atoms with Gasteiger partial charge in [0.2, 0.25) is 0 Å². The van der Waals surface area contributed by atoms with E-state index in [0.29, 0.717) is 17.7 Å². The van der Waals surface area contributed by atoms with Crippen molar-refractivity contribution in [2.75, 3.05) is 11.9 Å². The second-order valence-electron chi connectivity index (χ2n) is 4.86. The molecule has 0 spiro atoms. The molecule has 20 heavy (non-hydrogen) atoms. The summed E-state index contributed by atoms with van der Waals surface area (Å²) in [6.45, 7) is 2.53. The normalized spacial score (nSPS) is 10.3. The first-order chi connectivity index (χ1) is 9.47. The molecular weight excluding hydrogens is 271 g/mol. The van der Waals surface area contributed by atoms with Gasteiger partial charge in [-0.3, -0.25) is 0 Å². The smallest absolute Gasteiger partial charge is 0.128 e. The number of hydrogen-bond acceptors (Lipinski definition) is 2. The predicted octanol–water partition coefficient (Wildman–Crippen LogP) is 3.40. The lowest BCUT2D eigenvalue weighted by atomic mass is 10.1. The molecule has 0 aromatic heterocycles. The van der Waals surface area contributed by atoms with Crippen LogP contribution in [0.3, 0.4) is 0 Å². The third-order valence-electron chi connectivity index (χ3n) is 3.22. The van der Waals surface area contributed by atoms with Crippen LogP contribution in [0.25, 0.3) is 0 Å².